The average molecular weight is 228 g/mol. The Morgan fingerprint density at radius 3 is 2.93 bits per heavy atom. The summed E-state index contributed by atoms with van der Waals surface area (Å²) in [6, 6.07) is 3.02. The molecule has 0 radical (unpaired) electrons. The summed E-state index contributed by atoms with van der Waals surface area (Å²) >= 11 is 5.60. The number of halogens is 2. The van der Waals surface area contributed by atoms with Gasteiger partial charge in [0.2, 0.25) is 5.82 Å². The molecule has 0 N–H and O–H groups in total. The summed E-state index contributed by atoms with van der Waals surface area (Å²) in [5, 5.41) is 3.80. The molecule has 0 spiro atoms. The highest BCUT2D eigenvalue weighted by atomic mass is 35.5. The van der Waals surface area contributed by atoms with Gasteiger partial charge in [-0.25, -0.2) is 4.98 Å². The molecule has 0 aliphatic rings. The van der Waals surface area contributed by atoms with E-state index in [0.717, 1.165) is 4.52 Å². The van der Waals surface area contributed by atoms with E-state index in [2.05, 4.69) is 10.1 Å². The molecular weight excluding hydrogens is 221 g/mol. The highest BCUT2D eigenvalue weighted by Crippen LogP contribution is 2.06. The maximum absolute atomic E-state index is 13.4. The van der Waals surface area contributed by atoms with E-state index in [4.69, 9.17) is 11.6 Å². The molecule has 0 saturated heterocycles. The summed E-state index contributed by atoms with van der Waals surface area (Å²) in [5.41, 5.74) is -0.383. The van der Waals surface area contributed by atoms with Crippen molar-refractivity contribution in [3.05, 3.63) is 39.2 Å². The van der Waals surface area contributed by atoms with Gasteiger partial charge in [-0.2, -0.15) is 14.0 Å². The fourth-order valence-corrected chi connectivity index (χ4v) is 1.40. The molecule has 0 aliphatic carbocycles. The molecule has 2 heterocycles. The third-order valence-corrected chi connectivity index (χ3v) is 2.20. The first kappa shape index (κ1) is 10.0. The molecule has 2 aromatic heterocycles. The molecule has 0 amide bonds. The third kappa shape index (κ3) is 1.59. The Hall–Kier alpha value is -1.49. The molecule has 2 aromatic rings. The first-order valence-electron chi connectivity index (χ1n) is 4.37. The SMILES string of the molecule is CCc1nc2ccc(Cl)nn2c(=O)c1F. The van der Waals surface area contributed by atoms with Gasteiger partial charge in [0.15, 0.2) is 5.65 Å². The van der Waals surface area contributed by atoms with Gasteiger partial charge in [-0.1, -0.05) is 18.5 Å². The average Bonchev–Trinajstić information content (AvgIpc) is 2.24. The number of fused-ring (bicyclic) bond motifs is 1. The lowest BCUT2D eigenvalue weighted by Gasteiger charge is -2.02. The lowest BCUT2D eigenvalue weighted by Crippen LogP contribution is -2.23. The monoisotopic (exact) mass is 227 g/mol. The fourth-order valence-electron chi connectivity index (χ4n) is 1.27. The van der Waals surface area contributed by atoms with Gasteiger partial charge in [-0.15, -0.1) is 0 Å². The molecule has 0 fully saturated rings. The number of rotatable bonds is 1. The Bertz CT molecular complexity index is 581. The van der Waals surface area contributed by atoms with Gasteiger partial charge in [0.1, 0.15) is 5.15 Å². The van der Waals surface area contributed by atoms with E-state index in [1.54, 1.807) is 6.92 Å². The lowest BCUT2D eigenvalue weighted by atomic mass is 10.3. The Balaban J connectivity index is 2.91. The van der Waals surface area contributed by atoms with Crippen LogP contribution < -0.4 is 5.56 Å². The zero-order chi connectivity index (χ0) is 11.0. The van der Waals surface area contributed by atoms with Gasteiger partial charge in [-0.3, -0.25) is 4.79 Å². The third-order valence-electron chi connectivity index (χ3n) is 2.00. The van der Waals surface area contributed by atoms with Crippen molar-refractivity contribution in [2.45, 2.75) is 13.3 Å². The van der Waals surface area contributed by atoms with E-state index >= 15 is 0 Å². The summed E-state index contributed by atoms with van der Waals surface area (Å²) in [4.78, 5) is 15.4. The van der Waals surface area contributed by atoms with Gasteiger partial charge >= 0.3 is 5.56 Å². The van der Waals surface area contributed by atoms with E-state index in [1.807, 2.05) is 0 Å². The van der Waals surface area contributed by atoms with E-state index in [9.17, 15) is 9.18 Å². The lowest BCUT2D eigenvalue weighted by molar-refractivity contribution is 0.570. The molecule has 0 atom stereocenters. The summed E-state index contributed by atoms with van der Waals surface area (Å²) in [6.45, 7) is 1.73. The van der Waals surface area contributed by atoms with Crippen molar-refractivity contribution in [2.75, 3.05) is 0 Å². The molecule has 0 unspecified atom stereocenters. The molecule has 0 aromatic carbocycles. The fraction of sp³-hybridized carbons (Fsp3) is 0.222. The van der Waals surface area contributed by atoms with Crippen LogP contribution in [0, 0.1) is 5.82 Å². The van der Waals surface area contributed by atoms with Crippen LogP contribution in [-0.2, 0) is 6.42 Å². The van der Waals surface area contributed by atoms with E-state index in [-0.39, 0.29) is 10.8 Å². The second kappa shape index (κ2) is 3.58. The van der Waals surface area contributed by atoms with Gasteiger partial charge in [-0.05, 0) is 18.6 Å². The van der Waals surface area contributed by atoms with Crippen molar-refractivity contribution in [3.63, 3.8) is 0 Å². The molecule has 0 saturated carbocycles. The predicted molar refractivity (Wildman–Crippen MR) is 53.6 cm³/mol. The van der Waals surface area contributed by atoms with Crippen molar-refractivity contribution in [1.29, 1.82) is 0 Å². The topological polar surface area (TPSA) is 47.3 Å². The van der Waals surface area contributed by atoms with E-state index < -0.39 is 11.4 Å². The second-order valence-corrected chi connectivity index (χ2v) is 3.34. The second-order valence-electron chi connectivity index (χ2n) is 2.96. The van der Waals surface area contributed by atoms with Crippen molar-refractivity contribution in [3.8, 4) is 0 Å². The number of aryl methyl sites for hydroxylation is 1. The molecule has 0 aliphatic heterocycles. The first-order chi connectivity index (χ1) is 7.13. The largest absolute Gasteiger partial charge is 0.310 e. The van der Waals surface area contributed by atoms with Gasteiger partial charge < -0.3 is 0 Å². The minimum absolute atomic E-state index is 0.120. The van der Waals surface area contributed by atoms with Gasteiger partial charge in [0.05, 0.1) is 5.69 Å². The first-order valence-corrected chi connectivity index (χ1v) is 4.75. The maximum Gasteiger partial charge on any atom is 0.310 e. The maximum atomic E-state index is 13.4. The summed E-state index contributed by atoms with van der Waals surface area (Å²) in [5.74, 6) is -0.871. The van der Waals surface area contributed by atoms with E-state index in [1.165, 1.54) is 12.1 Å². The normalized spacial score (nSPS) is 10.9. The number of nitrogens with zero attached hydrogens (tertiary/aromatic N) is 3. The van der Waals surface area contributed by atoms with Crippen LogP contribution in [0.25, 0.3) is 5.65 Å². The Morgan fingerprint density at radius 1 is 1.53 bits per heavy atom. The molecule has 2 rings (SSSR count). The Labute approximate surface area is 89.3 Å². The Kier molecular flexibility index (Phi) is 2.40. The quantitative estimate of drug-likeness (QED) is 0.741. The number of hydrogen-bond acceptors (Lipinski definition) is 3. The summed E-state index contributed by atoms with van der Waals surface area (Å²) < 4.78 is 14.2. The smallest absolute Gasteiger partial charge is 0.264 e. The number of aromatic nitrogens is 3. The highest BCUT2D eigenvalue weighted by molar-refractivity contribution is 6.29. The van der Waals surface area contributed by atoms with Crippen LogP contribution in [0.1, 0.15) is 12.6 Å². The molecule has 15 heavy (non-hydrogen) atoms. The molecule has 78 valence electrons. The van der Waals surface area contributed by atoms with Crippen molar-refractivity contribution >= 4 is 17.2 Å². The van der Waals surface area contributed by atoms with Crippen LogP contribution in [0.3, 0.4) is 0 Å². The van der Waals surface area contributed by atoms with Crippen molar-refractivity contribution < 1.29 is 4.39 Å². The molecular formula is C9H7ClFN3O. The van der Waals surface area contributed by atoms with Gasteiger partial charge in [0, 0.05) is 0 Å². The Morgan fingerprint density at radius 2 is 2.27 bits per heavy atom. The zero-order valence-corrected chi connectivity index (χ0v) is 8.62. The van der Waals surface area contributed by atoms with Crippen LogP contribution in [0.4, 0.5) is 4.39 Å². The molecule has 4 nitrogen and oxygen atoms in total. The van der Waals surface area contributed by atoms with Crippen LogP contribution >= 0.6 is 11.6 Å². The molecule has 0 bridgehead atoms. The summed E-state index contributed by atoms with van der Waals surface area (Å²) in [6.07, 6.45) is 0.361. The highest BCUT2D eigenvalue weighted by Gasteiger charge is 2.11. The van der Waals surface area contributed by atoms with Crippen molar-refractivity contribution in [1.82, 2.24) is 14.6 Å². The minimum Gasteiger partial charge on any atom is -0.264 e. The standard InChI is InChI=1S/C9H7ClFN3O/c1-2-5-8(11)9(15)14-7(12-5)4-3-6(10)13-14/h3-4H,2H2,1H3. The molecule has 6 heteroatoms. The van der Waals surface area contributed by atoms with Crippen LogP contribution in [-0.4, -0.2) is 14.6 Å². The van der Waals surface area contributed by atoms with E-state index in [0.29, 0.717) is 12.1 Å². The zero-order valence-electron chi connectivity index (χ0n) is 7.87. The van der Waals surface area contributed by atoms with Gasteiger partial charge in [0.25, 0.3) is 0 Å². The minimum atomic E-state index is -0.871. The van der Waals surface area contributed by atoms with Crippen LogP contribution in [0.15, 0.2) is 16.9 Å². The van der Waals surface area contributed by atoms with Crippen molar-refractivity contribution in [2.24, 2.45) is 0 Å². The van der Waals surface area contributed by atoms with Crippen LogP contribution in [0.5, 0.6) is 0 Å². The summed E-state index contributed by atoms with van der Waals surface area (Å²) in [7, 11) is 0. The van der Waals surface area contributed by atoms with Crippen LogP contribution in [0.2, 0.25) is 5.15 Å². The number of hydrogen-bond donors (Lipinski definition) is 0. The predicted octanol–water partition coefficient (Wildman–Crippen LogP) is 1.44.